The average Bonchev–Trinajstić information content (AvgIpc) is 2.25. The Morgan fingerprint density at radius 1 is 0.889 bits per heavy atom. The van der Waals surface area contributed by atoms with Crippen molar-refractivity contribution in [3.8, 4) is 0 Å². The molecule has 0 unspecified atom stereocenters. The highest BCUT2D eigenvalue weighted by Gasteiger charge is 2.41. The van der Waals surface area contributed by atoms with Crippen LogP contribution in [0.3, 0.4) is 0 Å². The summed E-state index contributed by atoms with van der Waals surface area (Å²) in [5, 5.41) is 1.20. The van der Waals surface area contributed by atoms with Gasteiger partial charge in [-0.05, 0) is 54.4 Å². The summed E-state index contributed by atoms with van der Waals surface area (Å²) in [4.78, 5) is 0. The maximum Gasteiger partial charge on any atom is 0.417 e. The van der Waals surface area contributed by atoms with Crippen LogP contribution in [0.5, 0.6) is 0 Å². The predicted molar refractivity (Wildman–Crippen MR) is 80.3 cm³/mol. The zero-order chi connectivity index (χ0) is 14.5. The molecule has 0 bridgehead atoms. The van der Waals surface area contributed by atoms with Crippen molar-refractivity contribution in [1.82, 2.24) is 13.7 Å². The second-order valence-electron chi connectivity index (χ2n) is 4.89. The minimum Gasteiger partial charge on any atom is -0.393 e. The Bertz CT molecular complexity index is 258. The van der Waals surface area contributed by atoms with E-state index in [1.54, 1.807) is 14.2 Å². The van der Waals surface area contributed by atoms with Crippen LogP contribution in [0.1, 0.15) is 6.92 Å². The van der Waals surface area contributed by atoms with Crippen LogP contribution >= 0.6 is 0 Å². The molecule has 0 rings (SSSR count). The largest absolute Gasteiger partial charge is 0.417 e. The van der Waals surface area contributed by atoms with Crippen LogP contribution in [0.15, 0.2) is 10.9 Å². The number of hydrogen-bond donors (Lipinski definition) is 0. The van der Waals surface area contributed by atoms with E-state index in [1.807, 2.05) is 0 Å². The average molecular weight is 291 g/mol. The molecule has 107 valence electrons. The third-order valence-corrected chi connectivity index (χ3v) is 9.67. The topological polar surface area (TPSA) is 28.2 Å². The zero-order valence-electron chi connectivity index (χ0n) is 13.2. The lowest BCUT2D eigenvalue weighted by molar-refractivity contribution is 0.287. The van der Waals surface area contributed by atoms with E-state index in [1.165, 1.54) is 5.20 Å². The molecule has 0 atom stereocenters. The summed E-state index contributed by atoms with van der Waals surface area (Å²) < 4.78 is 17.8. The molecule has 0 aliphatic rings. The fraction of sp³-hybridized carbons (Fsp3) is 0.818. The normalized spacial score (nSPS) is 14.4. The van der Waals surface area contributed by atoms with Gasteiger partial charge in [0, 0.05) is 14.2 Å². The Balaban J connectivity index is 5.53. The van der Waals surface area contributed by atoms with Crippen molar-refractivity contribution in [2.45, 2.75) is 6.92 Å². The van der Waals surface area contributed by atoms with Gasteiger partial charge in [-0.15, -0.1) is 0 Å². The molecule has 0 spiro atoms. The lowest BCUT2D eigenvalue weighted by atomic mass is 10.7. The second kappa shape index (κ2) is 7.54. The van der Waals surface area contributed by atoms with E-state index in [0.29, 0.717) is 0 Å². The van der Waals surface area contributed by atoms with Crippen LogP contribution in [-0.4, -0.2) is 88.0 Å². The molecule has 0 aromatic heterocycles. The second-order valence-corrected chi connectivity index (χ2v) is 11.4. The molecule has 0 aromatic rings. The summed E-state index contributed by atoms with van der Waals surface area (Å²) in [6.45, 7) is 2.10. The van der Waals surface area contributed by atoms with Gasteiger partial charge >= 0.3 is 17.8 Å². The van der Waals surface area contributed by atoms with E-state index < -0.39 is 17.8 Å². The van der Waals surface area contributed by atoms with Crippen LogP contribution < -0.4 is 0 Å². The summed E-state index contributed by atoms with van der Waals surface area (Å²) in [6.07, 6.45) is 0. The smallest absolute Gasteiger partial charge is 0.393 e. The summed E-state index contributed by atoms with van der Waals surface area (Å²) in [5.74, 6) is 0. The molecule has 18 heavy (non-hydrogen) atoms. The maximum absolute atomic E-state index is 5.42. The van der Waals surface area contributed by atoms with E-state index in [9.17, 15) is 0 Å². The van der Waals surface area contributed by atoms with Gasteiger partial charge in [0.05, 0.1) is 0 Å². The van der Waals surface area contributed by atoms with Gasteiger partial charge in [-0.3, -0.25) is 0 Å². The summed E-state index contributed by atoms with van der Waals surface area (Å²) in [7, 11) is 12.9. The Morgan fingerprint density at radius 3 is 1.44 bits per heavy atom. The molecule has 0 saturated carbocycles. The molecule has 5 nitrogen and oxygen atoms in total. The van der Waals surface area contributed by atoms with Gasteiger partial charge in [-0.2, -0.15) is 0 Å². The molecular formula is C11H28N3O2Si2. The fourth-order valence-electron chi connectivity index (χ4n) is 2.34. The van der Waals surface area contributed by atoms with Crippen molar-refractivity contribution >= 4 is 17.8 Å². The van der Waals surface area contributed by atoms with Crippen molar-refractivity contribution in [3.05, 3.63) is 10.9 Å². The number of hydrogen-bond acceptors (Lipinski definition) is 5. The third-order valence-electron chi connectivity index (χ3n) is 3.08. The molecular weight excluding hydrogens is 262 g/mol. The summed E-state index contributed by atoms with van der Waals surface area (Å²) in [5.41, 5.74) is 2.34. The van der Waals surface area contributed by atoms with E-state index >= 15 is 0 Å². The Morgan fingerprint density at radius 2 is 1.22 bits per heavy atom. The van der Waals surface area contributed by atoms with Crippen molar-refractivity contribution in [3.63, 3.8) is 0 Å². The Kier molecular flexibility index (Phi) is 7.52. The van der Waals surface area contributed by atoms with E-state index in [-0.39, 0.29) is 0 Å². The SMILES string of the molecule is CO[Si](OC)C(C)=C[Si](N(C)C)(N(C)C)N(C)C. The molecule has 1 radical (unpaired) electrons. The quantitative estimate of drug-likeness (QED) is 0.634. The van der Waals surface area contributed by atoms with Gasteiger partial charge < -0.3 is 22.5 Å². The third kappa shape index (κ3) is 3.73. The molecule has 0 aliphatic heterocycles. The summed E-state index contributed by atoms with van der Waals surface area (Å²) >= 11 is 0. The van der Waals surface area contributed by atoms with Gasteiger partial charge in [0.25, 0.3) is 0 Å². The molecule has 0 amide bonds. The van der Waals surface area contributed by atoms with Gasteiger partial charge in [-0.25, -0.2) is 0 Å². The Hall–Kier alpha value is -0.0262. The van der Waals surface area contributed by atoms with Gasteiger partial charge in [0.15, 0.2) is 0 Å². The number of rotatable bonds is 7. The van der Waals surface area contributed by atoms with Crippen molar-refractivity contribution < 1.29 is 8.85 Å². The minimum atomic E-state index is -1.98. The maximum atomic E-state index is 5.42. The highest BCUT2D eigenvalue weighted by molar-refractivity contribution is 6.78. The molecule has 0 heterocycles. The lowest BCUT2D eigenvalue weighted by Gasteiger charge is -2.45. The van der Waals surface area contributed by atoms with Crippen molar-refractivity contribution in [2.24, 2.45) is 0 Å². The minimum absolute atomic E-state index is 1.20. The number of allylic oxidation sites excluding steroid dienone is 1. The highest BCUT2D eigenvalue weighted by Crippen LogP contribution is 2.17. The van der Waals surface area contributed by atoms with Gasteiger partial charge in [0.1, 0.15) is 0 Å². The molecule has 0 fully saturated rings. The Labute approximate surface area is 115 Å². The highest BCUT2D eigenvalue weighted by atomic mass is 28.4. The van der Waals surface area contributed by atoms with Crippen LogP contribution in [0, 0.1) is 0 Å². The van der Waals surface area contributed by atoms with Crippen LogP contribution in [0.4, 0.5) is 0 Å². The van der Waals surface area contributed by atoms with E-state index in [4.69, 9.17) is 8.85 Å². The molecule has 0 N–H and O–H groups in total. The molecule has 7 heteroatoms. The first-order valence-corrected chi connectivity index (χ1v) is 9.14. The monoisotopic (exact) mass is 290 g/mol. The van der Waals surface area contributed by atoms with Crippen molar-refractivity contribution in [1.29, 1.82) is 0 Å². The van der Waals surface area contributed by atoms with Gasteiger partial charge in [0.2, 0.25) is 0 Å². The molecule has 0 aromatic carbocycles. The first-order valence-electron chi connectivity index (χ1n) is 5.91. The first kappa shape index (κ1) is 18.0. The number of nitrogens with zero attached hydrogens (tertiary/aromatic N) is 3. The molecule has 0 aliphatic carbocycles. The fourth-order valence-corrected chi connectivity index (χ4v) is 7.96. The summed E-state index contributed by atoms with van der Waals surface area (Å²) in [6, 6.07) is 0. The van der Waals surface area contributed by atoms with Crippen LogP contribution in [0.25, 0.3) is 0 Å². The predicted octanol–water partition coefficient (Wildman–Crippen LogP) is 0.416. The standard InChI is InChI=1S/C11H28N3O2Si2/c1-11(17(15-8)16-9)10-18(12(2)3,13(4)5)14(6)7/h10H,1-9H3. The van der Waals surface area contributed by atoms with E-state index in [0.717, 1.165) is 0 Å². The zero-order valence-corrected chi connectivity index (χ0v) is 15.2. The molecule has 0 saturated heterocycles. The van der Waals surface area contributed by atoms with Crippen LogP contribution in [-0.2, 0) is 8.85 Å². The van der Waals surface area contributed by atoms with Gasteiger partial charge in [-0.1, -0.05) is 5.70 Å². The lowest BCUT2D eigenvalue weighted by Crippen LogP contribution is -2.69. The first-order chi connectivity index (χ1) is 8.23. The van der Waals surface area contributed by atoms with E-state index in [2.05, 4.69) is 68.6 Å². The van der Waals surface area contributed by atoms with Crippen molar-refractivity contribution in [2.75, 3.05) is 56.5 Å². The van der Waals surface area contributed by atoms with Crippen LogP contribution in [0.2, 0.25) is 0 Å².